The molecule has 80 valence electrons. The second kappa shape index (κ2) is 4.65. The number of nitrogens with zero attached hydrogens (tertiary/aromatic N) is 4. The molecule has 0 aliphatic carbocycles. The van der Waals surface area contributed by atoms with Crippen molar-refractivity contribution in [2.24, 2.45) is 5.73 Å². The molecule has 2 heterocycles. The highest BCUT2D eigenvalue weighted by molar-refractivity contribution is 5.44. The van der Waals surface area contributed by atoms with Gasteiger partial charge in [0.2, 0.25) is 11.7 Å². The molecule has 0 aliphatic rings. The number of hydrogen-bond acceptors (Lipinski definition) is 6. The quantitative estimate of drug-likeness (QED) is 0.676. The van der Waals surface area contributed by atoms with Gasteiger partial charge in [0.25, 0.3) is 0 Å². The molecule has 0 amide bonds. The molecule has 0 saturated carbocycles. The van der Waals surface area contributed by atoms with Gasteiger partial charge in [-0.15, -0.1) is 0 Å². The average Bonchev–Trinajstić information content (AvgIpc) is 2.87. The number of aryl methyl sites for hydroxylation is 1. The smallest absolute Gasteiger partial charge is 0.227 e. The first-order chi connectivity index (χ1) is 7.40. The van der Waals surface area contributed by atoms with Crippen molar-refractivity contribution in [2.45, 2.75) is 19.3 Å². The monoisotopic (exact) mass is 208 g/mol. The Morgan fingerprint density at radius 3 is 3.07 bits per heavy atom. The van der Waals surface area contributed by atoms with Gasteiger partial charge < -0.3 is 10.3 Å². The van der Waals surface area contributed by atoms with E-state index in [0.29, 0.717) is 24.0 Å². The van der Waals surface area contributed by atoms with Gasteiger partial charge in [0, 0.05) is 6.42 Å². The lowest BCUT2D eigenvalue weighted by atomic mass is 10.2. The Morgan fingerprint density at radius 1 is 1.40 bits per heavy atom. The molecule has 15 heavy (non-hydrogen) atoms. The van der Waals surface area contributed by atoms with Crippen LogP contribution in [-0.2, 0) is 6.42 Å². The third-order valence-corrected chi connectivity index (χ3v) is 1.96. The highest BCUT2D eigenvalue weighted by Crippen LogP contribution is 2.11. The lowest BCUT2D eigenvalue weighted by Crippen LogP contribution is -1.99. The molecule has 0 spiro atoms. The standard InChI is InChI=1S/C8H12N6O/c9-4-2-1-3-7-11-8(13-15-7)6-5-10-14-12-6/h5H,1-4,9H2,(H,10,12,14). The predicted octanol–water partition coefficient (Wildman–Crippen LogP) is 0.136. The van der Waals surface area contributed by atoms with E-state index >= 15 is 0 Å². The molecule has 0 unspecified atom stereocenters. The van der Waals surface area contributed by atoms with E-state index in [1.54, 1.807) is 6.20 Å². The first-order valence-electron chi connectivity index (χ1n) is 4.79. The summed E-state index contributed by atoms with van der Waals surface area (Å²) < 4.78 is 5.05. The van der Waals surface area contributed by atoms with E-state index in [0.717, 1.165) is 19.3 Å². The minimum absolute atomic E-state index is 0.464. The minimum Gasteiger partial charge on any atom is -0.339 e. The zero-order valence-electron chi connectivity index (χ0n) is 8.18. The van der Waals surface area contributed by atoms with Crippen LogP contribution in [0.5, 0.6) is 0 Å². The van der Waals surface area contributed by atoms with Crippen LogP contribution in [0.1, 0.15) is 18.7 Å². The fraction of sp³-hybridized carbons (Fsp3) is 0.500. The minimum atomic E-state index is 0.464. The first-order valence-corrected chi connectivity index (χ1v) is 4.79. The molecule has 0 radical (unpaired) electrons. The first kappa shape index (κ1) is 9.78. The number of nitrogens with one attached hydrogen (secondary N) is 1. The van der Waals surface area contributed by atoms with Crippen LogP contribution in [0.3, 0.4) is 0 Å². The van der Waals surface area contributed by atoms with E-state index in [4.69, 9.17) is 10.3 Å². The molecule has 0 fully saturated rings. The maximum absolute atomic E-state index is 5.39. The molecule has 0 bridgehead atoms. The second-order valence-corrected chi connectivity index (χ2v) is 3.11. The number of H-pyrrole nitrogens is 1. The summed E-state index contributed by atoms with van der Waals surface area (Å²) in [6, 6.07) is 0. The number of nitrogens with two attached hydrogens (primary N) is 1. The van der Waals surface area contributed by atoms with Crippen molar-refractivity contribution >= 4 is 0 Å². The van der Waals surface area contributed by atoms with Crippen LogP contribution in [0.2, 0.25) is 0 Å². The Labute approximate surface area is 86.1 Å². The summed E-state index contributed by atoms with van der Waals surface area (Å²) in [6.07, 6.45) is 4.22. The third kappa shape index (κ3) is 2.38. The zero-order valence-corrected chi connectivity index (χ0v) is 8.18. The highest BCUT2D eigenvalue weighted by Gasteiger charge is 2.09. The van der Waals surface area contributed by atoms with Gasteiger partial charge in [-0.25, -0.2) is 0 Å². The molecule has 7 heteroatoms. The summed E-state index contributed by atoms with van der Waals surface area (Å²) in [5.74, 6) is 1.08. The molecule has 0 atom stereocenters. The van der Waals surface area contributed by atoms with Crippen LogP contribution < -0.4 is 5.73 Å². The summed E-state index contributed by atoms with van der Waals surface area (Å²) in [5, 5.41) is 13.8. The Morgan fingerprint density at radius 2 is 2.33 bits per heavy atom. The molecular formula is C8H12N6O. The Bertz CT molecular complexity index is 395. The highest BCUT2D eigenvalue weighted by atomic mass is 16.5. The summed E-state index contributed by atoms with van der Waals surface area (Å²) in [6.45, 7) is 0.685. The summed E-state index contributed by atoms with van der Waals surface area (Å²) in [5.41, 5.74) is 5.97. The van der Waals surface area contributed by atoms with E-state index in [1.165, 1.54) is 0 Å². The van der Waals surface area contributed by atoms with E-state index in [-0.39, 0.29) is 0 Å². The van der Waals surface area contributed by atoms with E-state index in [1.807, 2.05) is 0 Å². The van der Waals surface area contributed by atoms with Crippen LogP contribution >= 0.6 is 0 Å². The van der Waals surface area contributed by atoms with Gasteiger partial charge in [0.1, 0.15) is 0 Å². The average molecular weight is 208 g/mol. The van der Waals surface area contributed by atoms with Crippen LogP contribution in [0.4, 0.5) is 0 Å². The van der Waals surface area contributed by atoms with Crippen molar-refractivity contribution in [3.05, 3.63) is 12.1 Å². The second-order valence-electron chi connectivity index (χ2n) is 3.11. The molecular weight excluding hydrogens is 196 g/mol. The molecule has 3 N–H and O–H groups in total. The Balaban J connectivity index is 1.98. The van der Waals surface area contributed by atoms with Crippen molar-refractivity contribution in [1.82, 2.24) is 25.6 Å². The largest absolute Gasteiger partial charge is 0.339 e. The summed E-state index contributed by atoms with van der Waals surface area (Å²) in [4.78, 5) is 4.18. The molecule has 7 nitrogen and oxygen atoms in total. The fourth-order valence-electron chi connectivity index (χ4n) is 1.19. The fourth-order valence-corrected chi connectivity index (χ4v) is 1.19. The van der Waals surface area contributed by atoms with Gasteiger partial charge in [-0.2, -0.15) is 20.4 Å². The van der Waals surface area contributed by atoms with Crippen molar-refractivity contribution in [3.8, 4) is 11.5 Å². The number of hydrogen-bond donors (Lipinski definition) is 2. The van der Waals surface area contributed by atoms with Crippen LogP contribution in [-0.4, -0.2) is 32.1 Å². The summed E-state index contributed by atoms with van der Waals surface area (Å²) in [7, 11) is 0. The van der Waals surface area contributed by atoms with Crippen LogP contribution in [0.25, 0.3) is 11.5 Å². The van der Waals surface area contributed by atoms with Crippen molar-refractivity contribution in [3.63, 3.8) is 0 Å². The molecule has 2 aromatic rings. The van der Waals surface area contributed by atoms with Gasteiger partial charge >= 0.3 is 0 Å². The SMILES string of the molecule is NCCCCc1nc(-c2cn[nH]n2)no1. The lowest BCUT2D eigenvalue weighted by Gasteiger charge is -1.91. The topological polar surface area (TPSA) is 107 Å². The van der Waals surface area contributed by atoms with Gasteiger partial charge in [0.05, 0.1) is 6.20 Å². The van der Waals surface area contributed by atoms with E-state index in [9.17, 15) is 0 Å². The maximum Gasteiger partial charge on any atom is 0.227 e. The zero-order chi connectivity index (χ0) is 10.5. The van der Waals surface area contributed by atoms with Gasteiger partial charge in [-0.3, -0.25) is 0 Å². The molecule has 0 saturated heterocycles. The van der Waals surface area contributed by atoms with Crippen LogP contribution in [0, 0.1) is 0 Å². The number of aromatic amines is 1. The van der Waals surface area contributed by atoms with Crippen molar-refractivity contribution in [2.75, 3.05) is 6.54 Å². The lowest BCUT2D eigenvalue weighted by molar-refractivity contribution is 0.375. The van der Waals surface area contributed by atoms with E-state index < -0.39 is 0 Å². The maximum atomic E-state index is 5.39. The predicted molar refractivity (Wildman–Crippen MR) is 51.7 cm³/mol. The molecule has 0 aromatic carbocycles. The summed E-state index contributed by atoms with van der Waals surface area (Å²) >= 11 is 0. The van der Waals surface area contributed by atoms with Gasteiger partial charge in [0.15, 0.2) is 5.69 Å². The number of aromatic nitrogens is 5. The van der Waals surface area contributed by atoms with E-state index in [2.05, 4.69) is 25.6 Å². The van der Waals surface area contributed by atoms with Gasteiger partial charge in [-0.05, 0) is 19.4 Å². The number of rotatable bonds is 5. The molecule has 2 aromatic heterocycles. The molecule has 2 rings (SSSR count). The third-order valence-electron chi connectivity index (χ3n) is 1.96. The van der Waals surface area contributed by atoms with Crippen molar-refractivity contribution < 1.29 is 4.52 Å². The normalized spacial score (nSPS) is 10.7. The van der Waals surface area contributed by atoms with Crippen LogP contribution in [0.15, 0.2) is 10.7 Å². The number of unbranched alkanes of at least 4 members (excludes halogenated alkanes) is 1. The Kier molecular flexibility index (Phi) is 3.03. The Hall–Kier alpha value is -1.76. The van der Waals surface area contributed by atoms with Gasteiger partial charge in [-0.1, -0.05) is 5.16 Å². The van der Waals surface area contributed by atoms with Crippen molar-refractivity contribution in [1.29, 1.82) is 0 Å². The molecule has 0 aliphatic heterocycles.